The molecule has 342 valence electrons. The van der Waals surface area contributed by atoms with Crippen molar-refractivity contribution in [1.29, 1.82) is 0 Å². The number of carbonyl (C=O) groups is 1. The number of rotatable bonds is 19. The lowest BCUT2D eigenvalue weighted by Gasteiger charge is -2.36. The lowest BCUT2D eigenvalue weighted by atomic mass is 9.90. The molecule has 1 N–H and O–H groups in total. The van der Waals surface area contributed by atoms with Gasteiger partial charge in [-0.05, 0) is 88.3 Å². The van der Waals surface area contributed by atoms with Gasteiger partial charge in [0, 0.05) is 62.5 Å². The zero-order valence-corrected chi connectivity index (χ0v) is 40.2. The minimum atomic E-state index is -2.00. The number of aliphatic hydroxyl groups excluding tert-OH is 1. The molecule has 15 nitrogen and oxygen atoms in total. The predicted octanol–water partition coefficient (Wildman–Crippen LogP) is 9.01. The van der Waals surface area contributed by atoms with Gasteiger partial charge in [0.2, 0.25) is 0 Å². The molecule has 62 heavy (non-hydrogen) atoms. The van der Waals surface area contributed by atoms with Crippen LogP contribution >= 0.6 is 0 Å². The van der Waals surface area contributed by atoms with E-state index in [-0.39, 0.29) is 29.2 Å². The lowest BCUT2D eigenvalue weighted by molar-refractivity contribution is 0.00685. The van der Waals surface area contributed by atoms with Crippen molar-refractivity contribution in [1.82, 2.24) is 24.5 Å². The van der Waals surface area contributed by atoms with E-state index in [0.29, 0.717) is 92.2 Å². The Kier molecular flexibility index (Phi) is 16.0. The molecule has 2 unspecified atom stereocenters. The first kappa shape index (κ1) is 48.2. The average Bonchev–Trinajstić information content (AvgIpc) is 3.66. The van der Waals surface area contributed by atoms with Crippen LogP contribution < -0.4 is 28.6 Å². The zero-order valence-electron chi connectivity index (χ0n) is 39.2. The lowest BCUT2D eigenvalue weighted by Crippen LogP contribution is -2.42. The number of piperidine rings is 1. The van der Waals surface area contributed by atoms with Crippen LogP contribution in [0.25, 0.3) is 5.65 Å². The Morgan fingerprint density at radius 2 is 1.47 bits per heavy atom. The summed E-state index contributed by atoms with van der Waals surface area (Å²) in [7, 11) is 4.51. The minimum Gasteiger partial charge on any atom is -0.497 e. The molecule has 2 atom stereocenters. The fraction of sp³-hybridized carbons (Fsp3) is 0.609. The number of fused-ring (bicyclic) bond motifs is 1. The second-order valence-electron chi connectivity index (χ2n) is 18.5. The second-order valence-corrected chi connectivity index (χ2v) is 23.3. The first-order valence-electron chi connectivity index (χ1n) is 21.7. The van der Waals surface area contributed by atoms with Gasteiger partial charge < -0.3 is 47.8 Å². The van der Waals surface area contributed by atoms with Crippen LogP contribution in [-0.4, -0.2) is 104 Å². The topological polar surface area (TPSA) is 151 Å². The summed E-state index contributed by atoms with van der Waals surface area (Å²) in [5.41, 5.74) is 2.08. The molecule has 4 aromatic rings. The fourth-order valence-corrected chi connectivity index (χ4v) is 8.33. The number of anilines is 1. The standard InChI is InChI=1S/C46H70N6O9Si/c1-14-15-34(22-25-59-62(12,13)46(5,6)7)60-43-48-42(41-47-28-37(52(41)49-43)40(53)31-20-23-50(24-21-31)44(54)61-45(2,3)4)51(29-32-16-18-35(55-8)26-38(32)57-10)30-33-17-19-36(56-9)27-39(33)58-11/h16-19,26-28,31,34,40,53H,14-15,20-25,29-30H2,1-13H3. The third kappa shape index (κ3) is 12.0. The van der Waals surface area contributed by atoms with Gasteiger partial charge in [0.05, 0.1) is 40.3 Å². The van der Waals surface area contributed by atoms with Crippen molar-refractivity contribution in [3.05, 3.63) is 59.4 Å². The number of imidazole rings is 1. The molecule has 1 aliphatic rings. The maximum Gasteiger partial charge on any atom is 0.410 e. The van der Waals surface area contributed by atoms with Gasteiger partial charge in [-0.3, -0.25) is 0 Å². The Bertz CT molecular complexity index is 2030. The molecule has 1 aliphatic heterocycles. The van der Waals surface area contributed by atoms with Gasteiger partial charge in [-0.25, -0.2) is 14.3 Å². The molecule has 0 spiro atoms. The summed E-state index contributed by atoms with van der Waals surface area (Å²) in [5, 5.41) is 17.1. The summed E-state index contributed by atoms with van der Waals surface area (Å²) >= 11 is 0. The number of benzene rings is 2. The van der Waals surface area contributed by atoms with Crippen molar-refractivity contribution >= 4 is 25.9 Å². The molecule has 0 saturated carbocycles. The molecular weight excluding hydrogens is 809 g/mol. The van der Waals surface area contributed by atoms with E-state index in [1.54, 1.807) is 44.1 Å². The monoisotopic (exact) mass is 878 g/mol. The molecule has 1 amide bonds. The van der Waals surface area contributed by atoms with Gasteiger partial charge >= 0.3 is 12.1 Å². The number of aromatic nitrogens is 4. The highest BCUT2D eigenvalue weighted by molar-refractivity contribution is 6.74. The number of hydrogen-bond donors (Lipinski definition) is 1. The molecule has 5 rings (SSSR count). The van der Waals surface area contributed by atoms with Crippen LogP contribution in [0.2, 0.25) is 18.1 Å². The number of amides is 1. The van der Waals surface area contributed by atoms with Crippen LogP contribution in [0.15, 0.2) is 42.6 Å². The third-order valence-electron chi connectivity index (χ3n) is 11.9. The van der Waals surface area contributed by atoms with Gasteiger partial charge in [0.15, 0.2) is 19.8 Å². The van der Waals surface area contributed by atoms with E-state index in [9.17, 15) is 9.90 Å². The van der Waals surface area contributed by atoms with Gasteiger partial charge in [-0.1, -0.05) is 34.1 Å². The number of ether oxygens (including phenoxy) is 6. The van der Waals surface area contributed by atoms with Gasteiger partial charge in [0.1, 0.15) is 40.8 Å². The van der Waals surface area contributed by atoms with E-state index in [0.717, 1.165) is 24.0 Å². The van der Waals surface area contributed by atoms with E-state index in [2.05, 4.69) is 45.7 Å². The number of hydrogen-bond acceptors (Lipinski definition) is 13. The zero-order chi connectivity index (χ0) is 45.4. The van der Waals surface area contributed by atoms with Crippen molar-refractivity contribution < 1.29 is 42.7 Å². The fourth-order valence-electron chi connectivity index (χ4n) is 7.27. The SMILES string of the molecule is CCCC(CCO[Si](C)(C)C(C)(C)C)Oc1nc(N(Cc2ccc(OC)cc2OC)Cc2ccc(OC)cc2OC)c2ncc(C(O)C3CCN(C(=O)OC(C)(C)C)CC3)n2n1. The van der Waals surface area contributed by atoms with Crippen LogP contribution in [0.5, 0.6) is 29.0 Å². The van der Waals surface area contributed by atoms with E-state index < -0.39 is 20.0 Å². The van der Waals surface area contributed by atoms with E-state index >= 15 is 0 Å². The average molecular weight is 879 g/mol. The molecular formula is C46H70N6O9Si. The Balaban J connectivity index is 1.60. The molecule has 16 heteroatoms. The molecule has 0 aliphatic carbocycles. The summed E-state index contributed by atoms with van der Waals surface area (Å²) < 4.78 is 43.4. The van der Waals surface area contributed by atoms with E-state index in [4.69, 9.17) is 47.9 Å². The molecule has 3 heterocycles. The van der Waals surface area contributed by atoms with Crippen LogP contribution in [0.3, 0.4) is 0 Å². The Labute approximate surface area is 369 Å². The normalized spacial score (nSPS) is 15.0. The number of aliphatic hydroxyl groups is 1. The molecule has 0 radical (unpaired) electrons. The van der Waals surface area contributed by atoms with E-state index in [1.165, 1.54) is 0 Å². The Morgan fingerprint density at radius 1 is 0.887 bits per heavy atom. The molecule has 2 aromatic carbocycles. The number of carbonyl (C=O) groups excluding carboxylic acids is 1. The van der Waals surface area contributed by atoms with Crippen LogP contribution in [0.4, 0.5) is 10.6 Å². The maximum absolute atomic E-state index is 12.9. The number of likely N-dealkylation sites (tertiary alicyclic amines) is 1. The molecule has 0 bridgehead atoms. The summed E-state index contributed by atoms with van der Waals surface area (Å²) in [4.78, 5) is 26.7. The van der Waals surface area contributed by atoms with Crippen LogP contribution in [0.1, 0.15) is 103 Å². The van der Waals surface area contributed by atoms with Crippen LogP contribution in [0, 0.1) is 5.92 Å². The Morgan fingerprint density at radius 3 is 1.97 bits per heavy atom. The Hall–Kier alpha value is -4.80. The summed E-state index contributed by atoms with van der Waals surface area (Å²) in [6, 6.07) is 11.6. The van der Waals surface area contributed by atoms with E-state index in [1.807, 2.05) is 57.2 Å². The van der Waals surface area contributed by atoms with Crippen molar-refractivity contribution in [3.8, 4) is 29.0 Å². The first-order chi connectivity index (χ1) is 29.3. The van der Waals surface area contributed by atoms with Gasteiger partial charge in [-0.15, -0.1) is 5.10 Å². The summed E-state index contributed by atoms with van der Waals surface area (Å²) in [6.07, 6.45) is 3.59. The van der Waals surface area contributed by atoms with Gasteiger partial charge in [-0.2, -0.15) is 4.98 Å². The molecule has 2 aromatic heterocycles. The second kappa shape index (κ2) is 20.6. The third-order valence-corrected chi connectivity index (χ3v) is 16.4. The van der Waals surface area contributed by atoms with Crippen molar-refractivity contribution in [2.45, 2.75) is 130 Å². The quantitative estimate of drug-likeness (QED) is 0.0893. The minimum absolute atomic E-state index is 0.0742. The maximum atomic E-state index is 12.9. The van der Waals surface area contributed by atoms with Crippen molar-refractivity contribution in [2.24, 2.45) is 5.92 Å². The summed E-state index contributed by atoms with van der Waals surface area (Å²) in [6.45, 7) is 21.0. The highest BCUT2D eigenvalue weighted by atomic mass is 28.4. The van der Waals surface area contributed by atoms with Crippen molar-refractivity contribution in [2.75, 3.05) is 53.0 Å². The molecule has 1 saturated heterocycles. The molecule has 1 fully saturated rings. The number of nitrogens with zero attached hydrogens (tertiary/aromatic N) is 6. The van der Waals surface area contributed by atoms with Crippen molar-refractivity contribution in [3.63, 3.8) is 0 Å². The highest BCUT2D eigenvalue weighted by Crippen LogP contribution is 2.38. The van der Waals surface area contributed by atoms with Gasteiger partial charge in [0.25, 0.3) is 0 Å². The highest BCUT2D eigenvalue weighted by Gasteiger charge is 2.37. The summed E-state index contributed by atoms with van der Waals surface area (Å²) in [5.74, 6) is 2.92. The number of methoxy groups -OCH3 is 4. The van der Waals surface area contributed by atoms with Crippen LogP contribution in [-0.2, 0) is 22.3 Å². The first-order valence-corrected chi connectivity index (χ1v) is 24.6. The predicted molar refractivity (Wildman–Crippen MR) is 242 cm³/mol. The smallest absolute Gasteiger partial charge is 0.410 e. The largest absolute Gasteiger partial charge is 0.497 e.